The summed E-state index contributed by atoms with van der Waals surface area (Å²) in [4.78, 5) is 9.95. The van der Waals surface area contributed by atoms with Crippen LogP contribution in [0.2, 0.25) is 0 Å². The molecule has 3 N–H and O–H groups in total. The first kappa shape index (κ1) is 12.5. The minimum atomic E-state index is 0.115. The second-order valence-electron chi connectivity index (χ2n) is 4.24. The highest BCUT2D eigenvalue weighted by Gasteiger charge is 2.16. The van der Waals surface area contributed by atoms with Crippen molar-refractivity contribution in [1.82, 2.24) is 14.8 Å². The highest BCUT2D eigenvalue weighted by atomic mass is 32.1. The molecule has 0 aliphatic carbocycles. The van der Waals surface area contributed by atoms with Crippen molar-refractivity contribution in [1.29, 1.82) is 5.41 Å². The predicted octanol–water partition coefficient (Wildman–Crippen LogP) is 0.565. The Morgan fingerprint density at radius 1 is 1.41 bits per heavy atom. The van der Waals surface area contributed by atoms with Gasteiger partial charge < -0.3 is 10.6 Å². The molecule has 0 spiro atoms. The molecule has 1 saturated heterocycles. The number of nitrogens with two attached hydrogens (primary N) is 1. The van der Waals surface area contributed by atoms with E-state index in [4.69, 9.17) is 11.1 Å². The number of aromatic nitrogens is 1. The van der Waals surface area contributed by atoms with E-state index in [2.05, 4.69) is 21.7 Å². The number of nitrogens with zero attached hydrogens (tertiary/aromatic N) is 3. The fourth-order valence-electron chi connectivity index (χ4n) is 1.96. The number of likely N-dealkylation sites (N-methyl/N-ethyl adjacent to an activating group) is 1. The van der Waals surface area contributed by atoms with Gasteiger partial charge in [-0.2, -0.15) is 0 Å². The van der Waals surface area contributed by atoms with Crippen LogP contribution in [0.3, 0.4) is 0 Å². The molecule has 2 heterocycles. The van der Waals surface area contributed by atoms with Gasteiger partial charge >= 0.3 is 0 Å². The summed E-state index contributed by atoms with van der Waals surface area (Å²) in [5.41, 5.74) is 5.43. The van der Waals surface area contributed by atoms with Crippen LogP contribution >= 0.6 is 11.3 Å². The highest BCUT2D eigenvalue weighted by Crippen LogP contribution is 2.15. The summed E-state index contributed by atoms with van der Waals surface area (Å²) >= 11 is 1.53. The molecule has 17 heavy (non-hydrogen) atoms. The number of nitrogen functional groups attached to an aromatic ring is 1. The summed E-state index contributed by atoms with van der Waals surface area (Å²) in [6.07, 6.45) is 1.70. The smallest absolute Gasteiger partial charge is 0.134 e. The van der Waals surface area contributed by atoms with Crippen LogP contribution in [0.15, 0.2) is 6.20 Å². The second-order valence-corrected chi connectivity index (χ2v) is 5.36. The summed E-state index contributed by atoms with van der Waals surface area (Å²) < 4.78 is 0. The Balaban J connectivity index is 1.86. The van der Waals surface area contributed by atoms with Gasteiger partial charge in [-0.3, -0.25) is 10.3 Å². The van der Waals surface area contributed by atoms with Crippen molar-refractivity contribution >= 4 is 17.2 Å². The van der Waals surface area contributed by atoms with Gasteiger partial charge in [-0.15, -0.1) is 11.3 Å². The van der Waals surface area contributed by atoms with E-state index in [-0.39, 0.29) is 5.84 Å². The zero-order valence-electron chi connectivity index (χ0n) is 10.1. The van der Waals surface area contributed by atoms with Crippen molar-refractivity contribution in [3.05, 3.63) is 16.1 Å². The zero-order chi connectivity index (χ0) is 12.3. The first-order valence-corrected chi connectivity index (χ1v) is 6.74. The Morgan fingerprint density at radius 2 is 2.06 bits per heavy atom. The molecule has 0 unspecified atom stereocenters. The lowest BCUT2D eigenvalue weighted by atomic mass is 10.3. The van der Waals surface area contributed by atoms with E-state index in [1.165, 1.54) is 11.3 Å². The summed E-state index contributed by atoms with van der Waals surface area (Å²) in [5, 5.41) is 8.40. The average molecular weight is 253 g/mol. The van der Waals surface area contributed by atoms with Crippen molar-refractivity contribution in [2.24, 2.45) is 5.73 Å². The fraction of sp³-hybridized carbons (Fsp3) is 0.636. The van der Waals surface area contributed by atoms with Gasteiger partial charge in [0.25, 0.3) is 0 Å². The van der Waals surface area contributed by atoms with E-state index in [9.17, 15) is 0 Å². The monoisotopic (exact) mass is 253 g/mol. The topological polar surface area (TPSA) is 69.2 Å². The van der Waals surface area contributed by atoms with Crippen LogP contribution in [0.1, 0.15) is 16.8 Å². The third-order valence-corrected chi connectivity index (χ3v) is 4.11. The van der Waals surface area contributed by atoms with E-state index in [0.717, 1.165) is 49.2 Å². The second kappa shape index (κ2) is 5.57. The Bertz CT molecular complexity index is 381. The maximum absolute atomic E-state index is 7.35. The van der Waals surface area contributed by atoms with Gasteiger partial charge in [0.2, 0.25) is 0 Å². The van der Waals surface area contributed by atoms with Gasteiger partial charge in [0.1, 0.15) is 10.8 Å². The van der Waals surface area contributed by atoms with Gasteiger partial charge in [0, 0.05) is 32.4 Å². The lowest BCUT2D eigenvalue weighted by molar-refractivity contribution is 0.132. The van der Waals surface area contributed by atoms with Crippen molar-refractivity contribution in [3.63, 3.8) is 0 Å². The summed E-state index contributed by atoms with van der Waals surface area (Å²) in [6.45, 7) is 8.71. The van der Waals surface area contributed by atoms with Crippen molar-refractivity contribution in [2.75, 3.05) is 32.7 Å². The predicted molar refractivity (Wildman–Crippen MR) is 70.5 cm³/mol. The minimum Gasteiger partial charge on any atom is -0.383 e. The van der Waals surface area contributed by atoms with Crippen LogP contribution in [0.5, 0.6) is 0 Å². The Morgan fingerprint density at radius 3 is 2.59 bits per heavy atom. The van der Waals surface area contributed by atoms with Gasteiger partial charge in [0.05, 0.1) is 11.4 Å². The molecule has 0 aromatic carbocycles. The van der Waals surface area contributed by atoms with Gasteiger partial charge in [0.15, 0.2) is 0 Å². The fourth-order valence-corrected chi connectivity index (χ4v) is 2.78. The Kier molecular flexibility index (Phi) is 4.09. The van der Waals surface area contributed by atoms with Crippen LogP contribution in [0, 0.1) is 5.41 Å². The Hall–Kier alpha value is -0.980. The minimum absolute atomic E-state index is 0.115. The van der Waals surface area contributed by atoms with E-state index in [1.54, 1.807) is 6.20 Å². The molecule has 1 aromatic heterocycles. The quantitative estimate of drug-likeness (QED) is 0.608. The molecule has 0 bridgehead atoms. The van der Waals surface area contributed by atoms with Crippen LogP contribution in [-0.2, 0) is 6.54 Å². The molecule has 0 saturated carbocycles. The lowest BCUT2D eigenvalue weighted by Crippen LogP contribution is -2.45. The highest BCUT2D eigenvalue weighted by molar-refractivity contribution is 7.13. The van der Waals surface area contributed by atoms with Gasteiger partial charge in [-0.05, 0) is 6.54 Å². The molecular weight excluding hydrogens is 234 g/mol. The number of amidine groups is 1. The van der Waals surface area contributed by atoms with E-state index in [0.29, 0.717) is 0 Å². The summed E-state index contributed by atoms with van der Waals surface area (Å²) in [6, 6.07) is 0. The molecule has 1 aliphatic rings. The maximum atomic E-state index is 7.35. The molecule has 1 aromatic rings. The lowest BCUT2D eigenvalue weighted by Gasteiger charge is -2.33. The normalized spacial score (nSPS) is 18.4. The van der Waals surface area contributed by atoms with E-state index < -0.39 is 0 Å². The first-order valence-electron chi connectivity index (χ1n) is 5.93. The van der Waals surface area contributed by atoms with Gasteiger partial charge in [-0.25, -0.2) is 4.98 Å². The molecule has 1 fully saturated rings. The first-order chi connectivity index (χ1) is 8.19. The SMILES string of the molecule is CCN1CCN(Cc2ncc(C(=N)N)s2)CC1. The van der Waals surface area contributed by atoms with Crippen molar-refractivity contribution in [3.8, 4) is 0 Å². The molecule has 6 heteroatoms. The van der Waals surface area contributed by atoms with Gasteiger partial charge in [-0.1, -0.05) is 6.92 Å². The van der Waals surface area contributed by atoms with Crippen LogP contribution in [0.4, 0.5) is 0 Å². The van der Waals surface area contributed by atoms with E-state index in [1.807, 2.05) is 0 Å². The third-order valence-electron chi connectivity index (χ3n) is 3.09. The molecule has 0 atom stereocenters. The molecule has 0 radical (unpaired) electrons. The van der Waals surface area contributed by atoms with Crippen molar-refractivity contribution in [2.45, 2.75) is 13.5 Å². The molecule has 94 valence electrons. The maximum Gasteiger partial charge on any atom is 0.134 e. The summed E-state index contributed by atoms with van der Waals surface area (Å²) in [7, 11) is 0. The number of nitrogens with one attached hydrogen (secondary N) is 1. The Labute approximate surface area is 106 Å². The summed E-state index contributed by atoms with van der Waals surface area (Å²) in [5.74, 6) is 0.115. The number of hydrogen-bond acceptors (Lipinski definition) is 5. The molecule has 0 amide bonds. The van der Waals surface area contributed by atoms with Crippen LogP contribution < -0.4 is 5.73 Å². The van der Waals surface area contributed by atoms with Crippen LogP contribution in [-0.4, -0.2) is 53.3 Å². The number of thiazole rings is 1. The third kappa shape index (κ3) is 3.24. The molecule has 2 rings (SSSR count). The largest absolute Gasteiger partial charge is 0.383 e. The number of hydrogen-bond donors (Lipinski definition) is 2. The molecule has 5 nitrogen and oxygen atoms in total. The van der Waals surface area contributed by atoms with Crippen LogP contribution in [0.25, 0.3) is 0 Å². The zero-order valence-corrected chi connectivity index (χ0v) is 11.0. The number of piperazine rings is 1. The molecular formula is C11H19N5S. The van der Waals surface area contributed by atoms with E-state index >= 15 is 0 Å². The number of rotatable bonds is 4. The van der Waals surface area contributed by atoms with Crippen molar-refractivity contribution < 1.29 is 0 Å². The molecule has 1 aliphatic heterocycles. The standard InChI is InChI=1S/C11H19N5S/c1-2-15-3-5-16(6-4-15)8-10-14-7-9(17-10)11(12)13/h7H,2-6,8H2,1H3,(H3,12,13). The average Bonchev–Trinajstić information content (AvgIpc) is 2.79.